The number of anilines is 2. The van der Waals surface area contributed by atoms with Crippen molar-refractivity contribution in [1.29, 1.82) is 5.26 Å². The minimum Gasteiger partial charge on any atom is -0.361 e. The van der Waals surface area contributed by atoms with Gasteiger partial charge in [-0.15, -0.1) is 0 Å². The topological polar surface area (TPSA) is 71.0 Å². The Balaban J connectivity index is 1.41. The van der Waals surface area contributed by atoms with Gasteiger partial charge in [0.05, 0.1) is 11.3 Å². The van der Waals surface area contributed by atoms with E-state index in [1.807, 2.05) is 6.20 Å². The summed E-state index contributed by atoms with van der Waals surface area (Å²) in [4.78, 5) is 12.8. The van der Waals surface area contributed by atoms with Gasteiger partial charge in [-0.3, -0.25) is 9.88 Å². The van der Waals surface area contributed by atoms with Crippen molar-refractivity contribution in [3.63, 3.8) is 0 Å². The lowest BCUT2D eigenvalue weighted by Gasteiger charge is -2.32. The number of benzene rings is 2. The lowest BCUT2D eigenvalue weighted by atomic mass is 10.0. The summed E-state index contributed by atoms with van der Waals surface area (Å²) in [6, 6.07) is 17.3. The van der Waals surface area contributed by atoms with Crippen LogP contribution >= 0.6 is 0 Å². The molecule has 2 aromatic heterocycles. The zero-order chi connectivity index (χ0) is 25.8. The number of nitriles is 1. The van der Waals surface area contributed by atoms with Crippen LogP contribution in [0.5, 0.6) is 0 Å². The number of hydrogen-bond donors (Lipinski definition) is 2. The summed E-state index contributed by atoms with van der Waals surface area (Å²) in [5, 5.41) is 14.6. The van der Waals surface area contributed by atoms with Crippen molar-refractivity contribution >= 4 is 34.4 Å². The number of aromatic amines is 1. The molecule has 1 aliphatic heterocycles. The molecular weight excluding hydrogens is 456 g/mol. The molecule has 6 nitrogen and oxygen atoms in total. The number of H-pyrrole nitrogens is 1. The van der Waals surface area contributed by atoms with E-state index < -0.39 is 0 Å². The van der Waals surface area contributed by atoms with Gasteiger partial charge in [-0.2, -0.15) is 5.26 Å². The average Bonchev–Trinajstić information content (AvgIpc) is 3.41. The van der Waals surface area contributed by atoms with Crippen LogP contribution in [-0.2, 0) is 13.0 Å². The number of piperazine rings is 1. The average molecular weight is 491 g/mol. The fourth-order valence-electron chi connectivity index (χ4n) is 4.98. The third kappa shape index (κ3) is 5.43. The van der Waals surface area contributed by atoms with Gasteiger partial charge in [0.2, 0.25) is 0 Å². The van der Waals surface area contributed by atoms with Crippen molar-refractivity contribution < 1.29 is 0 Å². The minimum absolute atomic E-state index is 0.535. The van der Waals surface area contributed by atoms with Gasteiger partial charge < -0.3 is 15.2 Å². The van der Waals surface area contributed by atoms with Crippen molar-refractivity contribution in [3.8, 4) is 6.07 Å². The maximum absolute atomic E-state index is 9.89. The standard InChI is InChI=1S/C31H34N6/c1-4-28-27(10-9-23-5-7-24(8-6-23)21-37-17-15-36(3)16-18-37)31(25(19-32)20-34-28)35-29-11-12-30-26(22(29)2)13-14-33-30/h5-14,20,33H,4,15-18,21H2,1-3H3,(H,34,35). The van der Waals surface area contributed by atoms with Crippen molar-refractivity contribution in [1.82, 2.24) is 19.8 Å². The first-order chi connectivity index (χ1) is 18.1. The Bertz CT molecular complexity index is 1450. The molecule has 0 aliphatic carbocycles. The second kappa shape index (κ2) is 11.0. The molecule has 2 N–H and O–H groups in total. The highest BCUT2D eigenvalue weighted by Gasteiger charge is 2.15. The smallest absolute Gasteiger partial charge is 0.103 e. The molecule has 1 fully saturated rings. The van der Waals surface area contributed by atoms with Crippen LogP contribution < -0.4 is 5.32 Å². The number of fused-ring (bicyclic) bond motifs is 1. The maximum Gasteiger partial charge on any atom is 0.103 e. The van der Waals surface area contributed by atoms with Gasteiger partial charge in [0.15, 0.2) is 0 Å². The van der Waals surface area contributed by atoms with Crippen LogP contribution in [-0.4, -0.2) is 53.0 Å². The second-order valence-corrected chi connectivity index (χ2v) is 9.83. The molecule has 188 valence electrons. The summed E-state index contributed by atoms with van der Waals surface area (Å²) in [7, 11) is 2.19. The molecule has 0 unspecified atom stereocenters. The van der Waals surface area contributed by atoms with Crippen LogP contribution in [0.2, 0.25) is 0 Å². The number of hydrogen-bond acceptors (Lipinski definition) is 5. The number of aromatic nitrogens is 2. The highest BCUT2D eigenvalue weighted by atomic mass is 15.2. The van der Waals surface area contributed by atoms with E-state index in [-0.39, 0.29) is 0 Å². The third-order valence-electron chi connectivity index (χ3n) is 7.34. The summed E-state index contributed by atoms with van der Waals surface area (Å²) in [6.45, 7) is 9.69. The van der Waals surface area contributed by atoms with Crippen LogP contribution in [0.3, 0.4) is 0 Å². The van der Waals surface area contributed by atoms with Gasteiger partial charge >= 0.3 is 0 Å². The normalized spacial score (nSPS) is 14.9. The fourth-order valence-corrected chi connectivity index (χ4v) is 4.98. The van der Waals surface area contributed by atoms with Crippen molar-refractivity contribution in [2.45, 2.75) is 26.8 Å². The molecule has 0 spiro atoms. The monoisotopic (exact) mass is 490 g/mol. The lowest BCUT2D eigenvalue weighted by molar-refractivity contribution is 0.148. The highest BCUT2D eigenvalue weighted by molar-refractivity contribution is 5.90. The second-order valence-electron chi connectivity index (χ2n) is 9.83. The largest absolute Gasteiger partial charge is 0.361 e. The van der Waals surface area contributed by atoms with Crippen molar-refractivity contribution in [3.05, 3.63) is 88.4 Å². The summed E-state index contributed by atoms with van der Waals surface area (Å²) in [5.41, 5.74) is 8.95. The molecule has 6 heteroatoms. The molecular formula is C31H34N6. The summed E-state index contributed by atoms with van der Waals surface area (Å²) in [5.74, 6) is 0. The lowest BCUT2D eigenvalue weighted by Crippen LogP contribution is -2.43. The first kappa shape index (κ1) is 24.8. The van der Waals surface area contributed by atoms with E-state index in [0.717, 1.165) is 78.4 Å². The summed E-state index contributed by atoms with van der Waals surface area (Å²) >= 11 is 0. The van der Waals surface area contributed by atoms with E-state index in [1.165, 1.54) is 10.9 Å². The van der Waals surface area contributed by atoms with Crippen LogP contribution in [0.25, 0.3) is 23.1 Å². The Labute approximate surface area is 219 Å². The van der Waals surface area contributed by atoms with Gasteiger partial charge in [0.25, 0.3) is 0 Å². The third-order valence-corrected chi connectivity index (χ3v) is 7.34. The minimum atomic E-state index is 0.535. The van der Waals surface area contributed by atoms with E-state index in [2.05, 4.69) is 107 Å². The SMILES string of the molecule is CCc1ncc(C#N)c(Nc2ccc3[nH]ccc3c2C)c1C=Cc1ccc(CN2CCN(C)CC2)cc1. The summed E-state index contributed by atoms with van der Waals surface area (Å²) < 4.78 is 0. The molecule has 1 aliphatic rings. The van der Waals surface area contributed by atoms with Crippen LogP contribution in [0.4, 0.5) is 11.4 Å². The van der Waals surface area contributed by atoms with Gasteiger partial charge in [-0.05, 0) is 55.3 Å². The number of nitrogens with one attached hydrogen (secondary N) is 2. The van der Waals surface area contributed by atoms with Crippen LogP contribution in [0, 0.1) is 18.3 Å². The van der Waals surface area contributed by atoms with E-state index in [4.69, 9.17) is 0 Å². The van der Waals surface area contributed by atoms with E-state index in [1.54, 1.807) is 6.20 Å². The van der Waals surface area contributed by atoms with E-state index >= 15 is 0 Å². The molecule has 0 radical (unpaired) electrons. The predicted molar refractivity (Wildman–Crippen MR) is 153 cm³/mol. The zero-order valence-electron chi connectivity index (χ0n) is 21.9. The molecule has 5 rings (SSSR count). The Morgan fingerprint density at radius 2 is 1.84 bits per heavy atom. The number of nitrogens with zero attached hydrogens (tertiary/aromatic N) is 4. The molecule has 0 atom stereocenters. The molecule has 2 aromatic carbocycles. The number of pyridine rings is 1. The first-order valence-electron chi connectivity index (χ1n) is 13.0. The van der Waals surface area contributed by atoms with Crippen molar-refractivity contribution in [2.24, 2.45) is 0 Å². The molecule has 1 saturated heterocycles. The van der Waals surface area contributed by atoms with Crippen LogP contribution in [0.1, 0.15) is 40.4 Å². The van der Waals surface area contributed by atoms with E-state index in [9.17, 15) is 5.26 Å². The maximum atomic E-state index is 9.89. The molecule has 3 heterocycles. The molecule has 0 saturated carbocycles. The Kier molecular flexibility index (Phi) is 7.36. The number of rotatable bonds is 7. The predicted octanol–water partition coefficient (Wildman–Crippen LogP) is 5.97. The highest BCUT2D eigenvalue weighted by Crippen LogP contribution is 2.32. The first-order valence-corrected chi connectivity index (χ1v) is 13.0. The Hall–Kier alpha value is -3.92. The van der Waals surface area contributed by atoms with Gasteiger partial charge in [0.1, 0.15) is 6.07 Å². The molecule has 0 amide bonds. The number of likely N-dealkylation sites (N-methyl/N-ethyl adjacent to an activating group) is 1. The Morgan fingerprint density at radius 3 is 2.57 bits per heavy atom. The summed E-state index contributed by atoms with van der Waals surface area (Å²) in [6.07, 6.45) is 8.61. The van der Waals surface area contributed by atoms with Crippen LogP contribution in [0.15, 0.2) is 54.9 Å². The quantitative estimate of drug-likeness (QED) is 0.334. The zero-order valence-corrected chi connectivity index (χ0v) is 21.9. The van der Waals surface area contributed by atoms with Gasteiger partial charge in [-0.1, -0.05) is 43.3 Å². The molecule has 4 aromatic rings. The Morgan fingerprint density at radius 1 is 1.05 bits per heavy atom. The fraction of sp³-hybridized carbons (Fsp3) is 0.290. The molecule has 0 bridgehead atoms. The van der Waals surface area contributed by atoms with Gasteiger partial charge in [-0.25, -0.2) is 0 Å². The molecule has 37 heavy (non-hydrogen) atoms. The van der Waals surface area contributed by atoms with E-state index in [0.29, 0.717) is 5.56 Å². The van der Waals surface area contributed by atoms with Gasteiger partial charge in [0, 0.05) is 73.0 Å². The number of aryl methyl sites for hydroxylation is 2. The van der Waals surface area contributed by atoms with Crippen molar-refractivity contribution in [2.75, 3.05) is 38.5 Å².